The fraction of sp³-hybridized carbons (Fsp3) is 0.143. The normalized spacial score (nSPS) is 10.7. The summed E-state index contributed by atoms with van der Waals surface area (Å²) >= 11 is 0. The van der Waals surface area contributed by atoms with Crippen molar-refractivity contribution in [3.63, 3.8) is 0 Å². The number of carboxylic acids is 2. The average molecular weight is 186 g/mol. The minimum absolute atomic E-state index is 0.417. The number of carbonyl (C=O) groups is 4. The summed E-state index contributed by atoms with van der Waals surface area (Å²) in [7, 11) is 0. The number of hydrogen-bond donors (Lipinski definition) is 2. The van der Waals surface area contributed by atoms with Gasteiger partial charge in [0.15, 0.2) is 0 Å². The topological polar surface area (TPSA) is 109 Å². The van der Waals surface area contributed by atoms with E-state index in [-0.39, 0.29) is 0 Å². The van der Waals surface area contributed by atoms with Gasteiger partial charge in [-0.15, -0.1) is 0 Å². The van der Waals surface area contributed by atoms with Crippen LogP contribution in [0.15, 0.2) is 11.6 Å². The van der Waals surface area contributed by atoms with Crippen LogP contribution in [0.3, 0.4) is 0 Å². The van der Waals surface area contributed by atoms with Gasteiger partial charge in [0, 0.05) is 11.6 Å². The van der Waals surface area contributed by atoms with Crippen LogP contribution < -0.4 is 0 Å². The first-order valence-corrected chi connectivity index (χ1v) is 3.09. The number of ketones is 2. The summed E-state index contributed by atoms with van der Waals surface area (Å²) in [5.74, 6) is -6.09. The van der Waals surface area contributed by atoms with Crippen LogP contribution in [0.25, 0.3) is 0 Å². The molecule has 0 aliphatic heterocycles. The van der Waals surface area contributed by atoms with E-state index in [0.29, 0.717) is 6.08 Å². The molecule has 0 rings (SSSR count). The summed E-state index contributed by atoms with van der Waals surface area (Å²) in [6.45, 7) is 1.05. The molecule has 6 nitrogen and oxygen atoms in total. The molecule has 0 saturated heterocycles. The second-order valence-corrected chi connectivity index (χ2v) is 2.13. The van der Waals surface area contributed by atoms with Gasteiger partial charge in [-0.25, -0.2) is 9.59 Å². The lowest BCUT2D eigenvalue weighted by Crippen LogP contribution is -2.16. The maximum Gasteiger partial charge on any atom is 0.376 e. The zero-order valence-corrected chi connectivity index (χ0v) is 6.60. The van der Waals surface area contributed by atoms with Crippen molar-refractivity contribution in [1.82, 2.24) is 0 Å². The minimum Gasteiger partial charge on any atom is -0.475 e. The number of carbonyl (C=O) groups excluding carboxylic acids is 2. The van der Waals surface area contributed by atoms with Crippen molar-refractivity contribution in [1.29, 1.82) is 0 Å². The van der Waals surface area contributed by atoms with E-state index in [0.717, 1.165) is 6.92 Å². The Kier molecular flexibility index (Phi) is 3.52. The quantitative estimate of drug-likeness (QED) is 0.441. The molecule has 0 atom stereocenters. The second kappa shape index (κ2) is 4.15. The summed E-state index contributed by atoms with van der Waals surface area (Å²) in [5.41, 5.74) is -0.417. The molecule has 0 fully saturated rings. The van der Waals surface area contributed by atoms with Gasteiger partial charge in [-0.1, -0.05) is 0 Å². The van der Waals surface area contributed by atoms with Crippen molar-refractivity contribution in [2.45, 2.75) is 6.92 Å². The molecule has 0 heterocycles. The van der Waals surface area contributed by atoms with Crippen molar-refractivity contribution >= 4 is 23.5 Å². The van der Waals surface area contributed by atoms with E-state index in [9.17, 15) is 19.2 Å². The largest absolute Gasteiger partial charge is 0.475 e. The van der Waals surface area contributed by atoms with E-state index in [1.54, 1.807) is 0 Å². The lowest BCUT2D eigenvalue weighted by Gasteiger charge is -1.92. The molecule has 0 unspecified atom stereocenters. The van der Waals surface area contributed by atoms with E-state index in [1.807, 2.05) is 0 Å². The van der Waals surface area contributed by atoms with E-state index in [1.165, 1.54) is 0 Å². The molecular weight excluding hydrogens is 180 g/mol. The number of carboxylic acid groups (broad SMARTS) is 2. The zero-order valence-electron chi connectivity index (χ0n) is 6.60. The number of Topliss-reactive ketones (excluding diaryl/α,β-unsaturated/α-hetero) is 1. The number of rotatable bonds is 4. The Balaban J connectivity index is 4.69. The predicted octanol–water partition coefficient (Wildman–Crippen LogP) is -0.760. The first-order valence-electron chi connectivity index (χ1n) is 3.09. The molecule has 0 bridgehead atoms. The van der Waals surface area contributed by atoms with Crippen LogP contribution in [0.2, 0.25) is 0 Å². The van der Waals surface area contributed by atoms with Gasteiger partial charge in [-0.3, -0.25) is 9.59 Å². The highest BCUT2D eigenvalue weighted by Gasteiger charge is 2.16. The monoisotopic (exact) mass is 186 g/mol. The summed E-state index contributed by atoms with van der Waals surface area (Å²) in [6, 6.07) is 0. The number of hydrogen-bond acceptors (Lipinski definition) is 4. The van der Waals surface area contributed by atoms with Crippen LogP contribution >= 0.6 is 0 Å². The molecule has 0 amide bonds. The molecule has 0 aromatic rings. The molecule has 0 saturated carbocycles. The summed E-state index contributed by atoms with van der Waals surface area (Å²) in [4.78, 5) is 41.1. The summed E-state index contributed by atoms with van der Waals surface area (Å²) in [5, 5.41) is 16.3. The summed E-state index contributed by atoms with van der Waals surface area (Å²) < 4.78 is 0. The summed E-state index contributed by atoms with van der Waals surface area (Å²) in [6.07, 6.45) is 0.471. The van der Waals surface area contributed by atoms with E-state index in [2.05, 4.69) is 0 Å². The van der Waals surface area contributed by atoms with Crippen LogP contribution in [-0.2, 0) is 19.2 Å². The number of aliphatic carboxylic acids is 2. The van der Waals surface area contributed by atoms with Gasteiger partial charge in [-0.2, -0.15) is 0 Å². The van der Waals surface area contributed by atoms with E-state index in [4.69, 9.17) is 10.2 Å². The van der Waals surface area contributed by atoms with Gasteiger partial charge in [0.25, 0.3) is 11.6 Å². The zero-order chi connectivity index (χ0) is 10.6. The SMILES string of the molecule is CC(=CC(=O)C(=O)O)C(=O)C(=O)O. The average Bonchev–Trinajstić information content (AvgIpc) is 2.02. The van der Waals surface area contributed by atoms with E-state index >= 15 is 0 Å². The van der Waals surface area contributed by atoms with Crippen LogP contribution in [-0.4, -0.2) is 33.7 Å². The lowest BCUT2D eigenvalue weighted by atomic mass is 10.1. The Morgan fingerprint density at radius 1 is 1.00 bits per heavy atom. The molecule has 0 aliphatic rings. The Bertz CT molecular complexity index is 311. The molecular formula is C7H6O6. The molecule has 0 radical (unpaired) electrons. The second-order valence-electron chi connectivity index (χ2n) is 2.13. The lowest BCUT2D eigenvalue weighted by molar-refractivity contribution is -0.147. The third kappa shape index (κ3) is 3.28. The van der Waals surface area contributed by atoms with Gasteiger partial charge >= 0.3 is 11.9 Å². The Labute approximate surface area is 72.5 Å². The van der Waals surface area contributed by atoms with Gasteiger partial charge in [0.2, 0.25) is 0 Å². The van der Waals surface area contributed by atoms with Gasteiger partial charge < -0.3 is 10.2 Å². The molecule has 0 aliphatic carbocycles. The molecule has 6 heteroatoms. The smallest absolute Gasteiger partial charge is 0.376 e. The molecule has 2 N–H and O–H groups in total. The highest BCUT2D eigenvalue weighted by Crippen LogP contribution is 1.95. The van der Waals surface area contributed by atoms with Crippen molar-refractivity contribution in [2.75, 3.05) is 0 Å². The fourth-order valence-corrected chi connectivity index (χ4v) is 0.493. The molecule has 0 aromatic heterocycles. The van der Waals surface area contributed by atoms with Crippen molar-refractivity contribution in [3.05, 3.63) is 11.6 Å². The van der Waals surface area contributed by atoms with Crippen molar-refractivity contribution in [3.8, 4) is 0 Å². The third-order valence-corrected chi connectivity index (χ3v) is 1.11. The minimum atomic E-state index is -1.74. The predicted molar refractivity (Wildman–Crippen MR) is 39.0 cm³/mol. The van der Waals surface area contributed by atoms with E-state index < -0.39 is 29.1 Å². The highest BCUT2D eigenvalue weighted by molar-refractivity contribution is 6.43. The Hall–Kier alpha value is -1.98. The highest BCUT2D eigenvalue weighted by atomic mass is 16.4. The van der Waals surface area contributed by atoms with Gasteiger partial charge in [0.05, 0.1) is 0 Å². The molecule has 0 aromatic carbocycles. The van der Waals surface area contributed by atoms with Crippen molar-refractivity contribution in [2.24, 2.45) is 0 Å². The first kappa shape index (κ1) is 11.0. The maximum absolute atomic E-state index is 10.6. The van der Waals surface area contributed by atoms with Crippen LogP contribution in [0.5, 0.6) is 0 Å². The molecule has 70 valence electrons. The van der Waals surface area contributed by atoms with Crippen LogP contribution in [0, 0.1) is 0 Å². The van der Waals surface area contributed by atoms with Gasteiger partial charge in [-0.05, 0) is 6.92 Å². The van der Waals surface area contributed by atoms with Crippen LogP contribution in [0.4, 0.5) is 0 Å². The third-order valence-electron chi connectivity index (χ3n) is 1.11. The fourth-order valence-electron chi connectivity index (χ4n) is 0.493. The molecule has 13 heavy (non-hydrogen) atoms. The van der Waals surface area contributed by atoms with Crippen LogP contribution in [0.1, 0.15) is 6.92 Å². The van der Waals surface area contributed by atoms with Gasteiger partial charge in [0.1, 0.15) is 0 Å². The molecule has 0 spiro atoms. The standard InChI is InChI=1S/C7H6O6/c1-3(5(9)7(12)13)2-4(8)6(10)11/h2H,1H3,(H,10,11)(H,12,13). The first-order chi connectivity index (χ1) is 5.86. The maximum atomic E-state index is 10.6. The Morgan fingerprint density at radius 3 is 1.77 bits per heavy atom. The van der Waals surface area contributed by atoms with Crippen molar-refractivity contribution < 1.29 is 29.4 Å². The Morgan fingerprint density at radius 2 is 1.46 bits per heavy atom.